The number of carbonyl (C=O) groups is 1. The third kappa shape index (κ3) is 6.95. The third-order valence-electron chi connectivity index (χ3n) is 5.84. The Bertz CT molecular complexity index is 1570. The van der Waals surface area contributed by atoms with Gasteiger partial charge in [-0.2, -0.15) is 5.10 Å². The normalized spacial score (nSPS) is 10.9. The third-order valence-corrected chi connectivity index (χ3v) is 6.77. The number of hydrazone groups is 1. The van der Waals surface area contributed by atoms with E-state index in [0.29, 0.717) is 17.6 Å². The van der Waals surface area contributed by atoms with Crippen molar-refractivity contribution in [2.75, 3.05) is 12.9 Å². The summed E-state index contributed by atoms with van der Waals surface area (Å²) in [6, 6.07) is 34.9. The fraction of sp³-hybridized carbons (Fsp3) is 0.0968. The lowest BCUT2D eigenvalue weighted by Gasteiger charge is -2.11. The number of hydrogen-bond donors (Lipinski definition) is 1. The number of hydrogen-bond acceptors (Lipinski definition) is 7. The number of aromatic nitrogens is 3. The predicted molar refractivity (Wildman–Crippen MR) is 157 cm³/mol. The van der Waals surface area contributed by atoms with E-state index in [4.69, 9.17) is 9.47 Å². The second-order valence-corrected chi connectivity index (χ2v) is 9.58. The van der Waals surface area contributed by atoms with Gasteiger partial charge < -0.3 is 9.47 Å². The molecule has 5 rings (SSSR count). The fourth-order valence-electron chi connectivity index (χ4n) is 3.87. The standard InChI is InChI=1S/C31H27N5O3S/c1-38-27-17-15-26(16-18-27)36-30(25-12-6-3-7-13-25)34-35-31(36)40-22-29(37)33-32-20-24-11-8-14-28(19-24)39-21-23-9-4-2-5-10-23/h2-20H,21-22H2,1H3,(H,33,37). The molecule has 0 aliphatic heterocycles. The summed E-state index contributed by atoms with van der Waals surface area (Å²) in [5, 5.41) is 13.5. The van der Waals surface area contributed by atoms with E-state index in [2.05, 4.69) is 20.7 Å². The summed E-state index contributed by atoms with van der Waals surface area (Å²) in [6.45, 7) is 0.475. The van der Waals surface area contributed by atoms with Crippen LogP contribution in [0.1, 0.15) is 11.1 Å². The van der Waals surface area contributed by atoms with Gasteiger partial charge in [0.25, 0.3) is 5.91 Å². The summed E-state index contributed by atoms with van der Waals surface area (Å²) in [5.41, 5.74) is 6.26. The van der Waals surface area contributed by atoms with E-state index in [1.165, 1.54) is 11.8 Å². The maximum absolute atomic E-state index is 12.6. The van der Waals surface area contributed by atoms with Crippen LogP contribution in [0.5, 0.6) is 11.5 Å². The highest BCUT2D eigenvalue weighted by Crippen LogP contribution is 2.28. The monoisotopic (exact) mass is 549 g/mol. The molecule has 200 valence electrons. The van der Waals surface area contributed by atoms with Gasteiger partial charge in [-0.3, -0.25) is 9.36 Å². The van der Waals surface area contributed by atoms with Crippen molar-refractivity contribution in [2.24, 2.45) is 5.10 Å². The van der Waals surface area contributed by atoms with Crippen LogP contribution in [0.25, 0.3) is 17.1 Å². The first kappa shape index (κ1) is 26.7. The van der Waals surface area contributed by atoms with E-state index in [1.54, 1.807) is 13.3 Å². The number of benzene rings is 4. The molecular formula is C31H27N5O3S. The molecule has 0 fully saturated rings. The average molecular weight is 550 g/mol. The number of methoxy groups -OCH3 is 1. The highest BCUT2D eigenvalue weighted by atomic mass is 32.2. The van der Waals surface area contributed by atoms with Crippen LogP contribution < -0.4 is 14.9 Å². The zero-order valence-electron chi connectivity index (χ0n) is 21.8. The van der Waals surface area contributed by atoms with Crippen LogP contribution in [0.15, 0.2) is 119 Å². The summed E-state index contributed by atoms with van der Waals surface area (Å²) >= 11 is 1.28. The van der Waals surface area contributed by atoms with Gasteiger partial charge in [-0.1, -0.05) is 84.6 Å². The van der Waals surface area contributed by atoms with E-state index in [9.17, 15) is 4.79 Å². The molecule has 9 heteroatoms. The summed E-state index contributed by atoms with van der Waals surface area (Å²) in [4.78, 5) is 12.6. The molecule has 0 saturated carbocycles. The van der Waals surface area contributed by atoms with Crippen molar-refractivity contribution in [3.63, 3.8) is 0 Å². The highest BCUT2D eigenvalue weighted by molar-refractivity contribution is 7.99. The van der Waals surface area contributed by atoms with E-state index in [0.717, 1.165) is 33.9 Å². The van der Waals surface area contributed by atoms with Gasteiger partial charge in [-0.15, -0.1) is 10.2 Å². The topological polar surface area (TPSA) is 90.6 Å². The first-order valence-corrected chi connectivity index (χ1v) is 13.5. The van der Waals surface area contributed by atoms with Gasteiger partial charge in [0.15, 0.2) is 11.0 Å². The van der Waals surface area contributed by atoms with Gasteiger partial charge in [0.2, 0.25) is 0 Å². The molecule has 0 aliphatic rings. The summed E-state index contributed by atoms with van der Waals surface area (Å²) in [5.74, 6) is 2.00. The number of carbonyl (C=O) groups excluding carboxylic acids is 1. The first-order chi connectivity index (χ1) is 19.7. The van der Waals surface area contributed by atoms with Crippen molar-refractivity contribution in [3.8, 4) is 28.6 Å². The van der Waals surface area contributed by atoms with Crippen LogP contribution in [0.4, 0.5) is 0 Å². The Morgan fingerprint density at radius 2 is 1.65 bits per heavy atom. The van der Waals surface area contributed by atoms with Gasteiger partial charge in [-0.05, 0) is 47.5 Å². The fourth-order valence-corrected chi connectivity index (χ4v) is 4.61. The zero-order chi connectivity index (χ0) is 27.6. The smallest absolute Gasteiger partial charge is 0.250 e. The molecule has 0 unspecified atom stereocenters. The lowest BCUT2D eigenvalue weighted by molar-refractivity contribution is -0.118. The number of thioether (sulfide) groups is 1. The van der Waals surface area contributed by atoms with Gasteiger partial charge in [0.05, 0.1) is 19.1 Å². The molecule has 5 aromatic rings. The summed E-state index contributed by atoms with van der Waals surface area (Å²) < 4.78 is 13.1. The van der Waals surface area contributed by atoms with Crippen LogP contribution >= 0.6 is 11.8 Å². The molecule has 8 nitrogen and oxygen atoms in total. The molecule has 1 aromatic heterocycles. The maximum atomic E-state index is 12.6. The molecule has 1 amide bonds. The molecule has 4 aromatic carbocycles. The predicted octanol–water partition coefficient (Wildman–Crippen LogP) is 5.76. The molecule has 0 bridgehead atoms. The van der Waals surface area contributed by atoms with E-state index >= 15 is 0 Å². The minimum absolute atomic E-state index is 0.112. The molecule has 0 radical (unpaired) electrons. The van der Waals surface area contributed by atoms with Crippen LogP contribution in [0, 0.1) is 0 Å². The van der Waals surface area contributed by atoms with Gasteiger partial charge in [0, 0.05) is 11.3 Å². The Balaban J connectivity index is 1.22. The van der Waals surface area contributed by atoms with E-state index in [-0.39, 0.29) is 11.7 Å². The second kappa shape index (κ2) is 13.3. The molecule has 0 saturated heterocycles. The summed E-state index contributed by atoms with van der Waals surface area (Å²) in [6.07, 6.45) is 1.59. The maximum Gasteiger partial charge on any atom is 0.250 e. The van der Waals surface area contributed by atoms with Crippen LogP contribution in [-0.2, 0) is 11.4 Å². The molecule has 0 aliphatic carbocycles. The molecular weight excluding hydrogens is 522 g/mol. The number of ether oxygens (including phenoxy) is 2. The number of nitrogens with zero attached hydrogens (tertiary/aromatic N) is 4. The van der Waals surface area contributed by atoms with Gasteiger partial charge in [-0.25, -0.2) is 5.43 Å². The largest absolute Gasteiger partial charge is 0.497 e. The van der Waals surface area contributed by atoms with Crippen molar-refractivity contribution < 1.29 is 14.3 Å². The number of amides is 1. The lowest BCUT2D eigenvalue weighted by atomic mass is 10.2. The molecule has 0 spiro atoms. The minimum Gasteiger partial charge on any atom is -0.497 e. The highest BCUT2D eigenvalue weighted by Gasteiger charge is 2.17. The molecule has 40 heavy (non-hydrogen) atoms. The van der Waals surface area contributed by atoms with Crippen molar-refractivity contribution in [3.05, 3.63) is 120 Å². The Labute approximate surface area is 236 Å². The van der Waals surface area contributed by atoms with Gasteiger partial charge >= 0.3 is 0 Å². The van der Waals surface area contributed by atoms with E-state index in [1.807, 2.05) is 114 Å². The number of rotatable bonds is 11. The van der Waals surface area contributed by atoms with Crippen molar-refractivity contribution >= 4 is 23.9 Å². The quantitative estimate of drug-likeness (QED) is 0.128. The van der Waals surface area contributed by atoms with Gasteiger partial charge in [0.1, 0.15) is 18.1 Å². The Hall–Kier alpha value is -4.89. The van der Waals surface area contributed by atoms with Crippen molar-refractivity contribution in [1.29, 1.82) is 0 Å². The lowest BCUT2D eigenvalue weighted by Crippen LogP contribution is -2.20. The molecule has 0 atom stereocenters. The second-order valence-electron chi connectivity index (χ2n) is 8.63. The van der Waals surface area contributed by atoms with Crippen LogP contribution in [0.2, 0.25) is 0 Å². The Morgan fingerprint density at radius 3 is 2.40 bits per heavy atom. The van der Waals surface area contributed by atoms with E-state index < -0.39 is 0 Å². The SMILES string of the molecule is COc1ccc(-n2c(SCC(=O)NN=Cc3cccc(OCc4ccccc4)c3)nnc2-c2ccccc2)cc1. The average Bonchev–Trinajstić information content (AvgIpc) is 3.44. The van der Waals surface area contributed by atoms with Crippen molar-refractivity contribution in [1.82, 2.24) is 20.2 Å². The Morgan fingerprint density at radius 1 is 0.900 bits per heavy atom. The summed E-state index contributed by atoms with van der Waals surface area (Å²) in [7, 11) is 1.63. The van der Waals surface area contributed by atoms with Crippen LogP contribution in [0.3, 0.4) is 0 Å². The number of nitrogens with one attached hydrogen (secondary N) is 1. The first-order valence-electron chi connectivity index (χ1n) is 12.6. The molecule has 1 heterocycles. The van der Waals surface area contributed by atoms with Crippen LogP contribution in [-0.4, -0.2) is 39.7 Å². The minimum atomic E-state index is -0.261. The zero-order valence-corrected chi connectivity index (χ0v) is 22.6. The Kier molecular flexibility index (Phi) is 8.85. The van der Waals surface area contributed by atoms with Crippen molar-refractivity contribution in [2.45, 2.75) is 11.8 Å². The molecule has 1 N–H and O–H groups in total.